The molecule has 1 saturated carbocycles. The Balaban J connectivity index is 2.37. The molecule has 23 heavy (non-hydrogen) atoms. The van der Waals surface area contributed by atoms with E-state index in [4.69, 9.17) is 9.47 Å². The summed E-state index contributed by atoms with van der Waals surface area (Å²) in [5.74, 6) is 0.365. The number of aliphatic hydroxyl groups excluding tert-OH is 1. The second kappa shape index (κ2) is 6.65. The molecule has 0 aromatic heterocycles. The molecule has 1 aliphatic heterocycles. The van der Waals surface area contributed by atoms with Gasteiger partial charge in [-0.1, -0.05) is 11.6 Å². The summed E-state index contributed by atoms with van der Waals surface area (Å²) in [4.78, 5) is 0. The van der Waals surface area contributed by atoms with Gasteiger partial charge in [0.15, 0.2) is 5.60 Å². The zero-order valence-corrected chi connectivity index (χ0v) is 15.5. The van der Waals surface area contributed by atoms with Gasteiger partial charge in [-0.05, 0) is 46.3 Å². The van der Waals surface area contributed by atoms with Gasteiger partial charge in [0.1, 0.15) is 17.3 Å². The summed E-state index contributed by atoms with van der Waals surface area (Å²) >= 11 is 1.47. The minimum atomic E-state index is -1.66. The summed E-state index contributed by atoms with van der Waals surface area (Å²) in [6.45, 7) is 5.84. The lowest BCUT2D eigenvalue weighted by molar-refractivity contribution is -0.271. The van der Waals surface area contributed by atoms with E-state index in [0.29, 0.717) is 25.0 Å². The summed E-state index contributed by atoms with van der Waals surface area (Å²) in [7, 11) is 1.46. The van der Waals surface area contributed by atoms with E-state index in [2.05, 4.69) is 6.08 Å². The van der Waals surface area contributed by atoms with Crippen LogP contribution < -0.4 is 0 Å². The molecule has 2 rings (SSSR count). The Morgan fingerprint density at radius 2 is 2.04 bits per heavy atom. The highest BCUT2D eigenvalue weighted by Crippen LogP contribution is 2.57. The van der Waals surface area contributed by atoms with Crippen molar-refractivity contribution in [3.05, 3.63) is 11.6 Å². The Labute approximate surface area is 143 Å². The predicted octanol–water partition coefficient (Wildman–Crippen LogP) is 1.50. The van der Waals surface area contributed by atoms with Crippen molar-refractivity contribution in [1.29, 1.82) is 0 Å². The van der Waals surface area contributed by atoms with Crippen LogP contribution in [-0.4, -0.2) is 69.6 Å². The van der Waals surface area contributed by atoms with E-state index in [1.165, 1.54) is 24.4 Å². The van der Waals surface area contributed by atoms with Crippen molar-refractivity contribution in [2.24, 2.45) is 0 Å². The van der Waals surface area contributed by atoms with E-state index >= 15 is 0 Å². The number of methoxy groups -OCH3 is 1. The van der Waals surface area contributed by atoms with Crippen molar-refractivity contribution in [3.8, 4) is 0 Å². The standard InChI is InChI=1S/C17H30O5S/c1-11(2)6-7-13-15(3,22-13)17(20)14(21-4)12(18)8-9-16(17,19)10-23-5/h6,12-14,18-20H,7-10H2,1-5H3. The Kier molecular flexibility index (Phi) is 5.56. The molecule has 6 atom stereocenters. The number of allylic oxidation sites excluding steroid dienone is 1. The molecule has 5 nitrogen and oxygen atoms in total. The molecular weight excluding hydrogens is 316 g/mol. The Morgan fingerprint density at radius 3 is 2.57 bits per heavy atom. The fraction of sp³-hybridized carbons (Fsp3) is 0.882. The Bertz CT molecular complexity index is 466. The average Bonchev–Trinajstić information content (AvgIpc) is 3.15. The lowest BCUT2D eigenvalue weighted by Crippen LogP contribution is -2.75. The van der Waals surface area contributed by atoms with Gasteiger partial charge in [0, 0.05) is 12.9 Å². The van der Waals surface area contributed by atoms with Gasteiger partial charge in [-0.3, -0.25) is 0 Å². The zero-order valence-electron chi connectivity index (χ0n) is 14.7. The van der Waals surface area contributed by atoms with E-state index in [1.54, 1.807) is 0 Å². The van der Waals surface area contributed by atoms with Crippen LogP contribution in [0.4, 0.5) is 0 Å². The Hall–Kier alpha value is -0.110. The number of thioether (sulfide) groups is 1. The first-order valence-electron chi connectivity index (χ1n) is 8.12. The lowest BCUT2D eigenvalue weighted by atomic mass is 9.62. The van der Waals surface area contributed by atoms with E-state index < -0.39 is 29.0 Å². The molecule has 0 amide bonds. The minimum Gasteiger partial charge on any atom is -0.390 e. The van der Waals surface area contributed by atoms with E-state index in [1.807, 2.05) is 27.0 Å². The van der Waals surface area contributed by atoms with Gasteiger partial charge in [0.05, 0.1) is 12.2 Å². The number of hydrogen-bond donors (Lipinski definition) is 3. The maximum Gasteiger partial charge on any atom is 0.154 e. The summed E-state index contributed by atoms with van der Waals surface area (Å²) in [5, 5.41) is 33.1. The fourth-order valence-corrected chi connectivity index (χ4v) is 4.82. The molecule has 6 heteroatoms. The van der Waals surface area contributed by atoms with E-state index in [0.717, 1.165) is 0 Å². The molecule has 6 unspecified atom stereocenters. The number of hydrogen-bond acceptors (Lipinski definition) is 6. The first kappa shape index (κ1) is 19.2. The second-order valence-electron chi connectivity index (χ2n) is 7.22. The van der Waals surface area contributed by atoms with Gasteiger partial charge < -0.3 is 24.8 Å². The van der Waals surface area contributed by atoms with Crippen molar-refractivity contribution in [2.45, 2.75) is 75.1 Å². The highest BCUT2D eigenvalue weighted by Gasteiger charge is 2.76. The minimum absolute atomic E-state index is 0.196. The number of rotatable bonds is 6. The number of ether oxygens (including phenoxy) is 2. The van der Waals surface area contributed by atoms with Crippen molar-refractivity contribution >= 4 is 11.8 Å². The zero-order chi connectivity index (χ0) is 17.5. The highest BCUT2D eigenvalue weighted by atomic mass is 32.2. The van der Waals surface area contributed by atoms with Gasteiger partial charge in [-0.2, -0.15) is 11.8 Å². The smallest absolute Gasteiger partial charge is 0.154 e. The molecule has 0 radical (unpaired) electrons. The summed E-state index contributed by atoms with van der Waals surface area (Å²) in [6, 6.07) is 0. The largest absolute Gasteiger partial charge is 0.390 e. The third-order valence-corrected chi connectivity index (χ3v) is 6.17. The van der Waals surface area contributed by atoms with Crippen molar-refractivity contribution in [2.75, 3.05) is 19.1 Å². The summed E-state index contributed by atoms with van der Waals surface area (Å²) in [6.07, 6.45) is 3.44. The van der Waals surface area contributed by atoms with E-state index in [9.17, 15) is 15.3 Å². The molecule has 134 valence electrons. The molecule has 0 aromatic carbocycles. The van der Waals surface area contributed by atoms with Gasteiger partial charge in [-0.25, -0.2) is 0 Å². The maximum atomic E-state index is 11.6. The van der Waals surface area contributed by atoms with Gasteiger partial charge in [0.2, 0.25) is 0 Å². The maximum absolute atomic E-state index is 11.6. The second-order valence-corrected chi connectivity index (χ2v) is 8.09. The van der Waals surface area contributed by atoms with Gasteiger partial charge in [-0.15, -0.1) is 0 Å². The molecule has 2 fully saturated rings. The molecule has 2 aliphatic rings. The van der Waals surface area contributed by atoms with Crippen LogP contribution in [0, 0.1) is 0 Å². The number of aliphatic hydroxyl groups is 3. The molecule has 0 spiro atoms. The van der Waals surface area contributed by atoms with Crippen molar-refractivity contribution in [3.63, 3.8) is 0 Å². The van der Waals surface area contributed by atoms with Crippen LogP contribution in [0.1, 0.15) is 40.0 Å². The first-order chi connectivity index (χ1) is 10.7. The molecule has 0 bridgehead atoms. The molecule has 1 saturated heterocycles. The molecule has 0 aromatic rings. The third-order valence-electron chi connectivity index (χ3n) is 5.40. The summed E-state index contributed by atoms with van der Waals surface area (Å²) < 4.78 is 11.3. The monoisotopic (exact) mass is 346 g/mol. The van der Waals surface area contributed by atoms with Crippen molar-refractivity contribution < 1.29 is 24.8 Å². The van der Waals surface area contributed by atoms with Crippen LogP contribution in [0.15, 0.2) is 11.6 Å². The molecule has 1 aliphatic carbocycles. The topological polar surface area (TPSA) is 82.5 Å². The van der Waals surface area contributed by atoms with Crippen molar-refractivity contribution in [1.82, 2.24) is 0 Å². The normalized spacial score (nSPS) is 46.5. The molecular formula is C17H30O5S. The van der Waals surface area contributed by atoms with Crippen LogP contribution in [0.2, 0.25) is 0 Å². The number of epoxide rings is 1. The van der Waals surface area contributed by atoms with Crippen LogP contribution in [0.3, 0.4) is 0 Å². The lowest BCUT2D eigenvalue weighted by Gasteiger charge is -2.54. The third kappa shape index (κ3) is 2.98. The van der Waals surface area contributed by atoms with Crippen LogP contribution in [-0.2, 0) is 9.47 Å². The average molecular weight is 346 g/mol. The molecule has 3 N–H and O–H groups in total. The predicted molar refractivity (Wildman–Crippen MR) is 91.6 cm³/mol. The van der Waals surface area contributed by atoms with Crippen LogP contribution >= 0.6 is 11.8 Å². The summed E-state index contributed by atoms with van der Waals surface area (Å²) in [5.41, 5.74) is -2.77. The SMILES string of the molecule is COC1C(O)CCC(O)(CSC)C1(O)C1(C)OC1CC=C(C)C. The van der Waals surface area contributed by atoms with Gasteiger partial charge in [0.25, 0.3) is 0 Å². The fourth-order valence-electron chi connectivity index (χ4n) is 3.98. The Morgan fingerprint density at radius 1 is 1.39 bits per heavy atom. The molecule has 1 heterocycles. The van der Waals surface area contributed by atoms with Crippen LogP contribution in [0.25, 0.3) is 0 Å². The van der Waals surface area contributed by atoms with Crippen LogP contribution in [0.5, 0.6) is 0 Å². The quantitative estimate of drug-likeness (QED) is 0.499. The first-order valence-corrected chi connectivity index (χ1v) is 9.51. The highest BCUT2D eigenvalue weighted by molar-refractivity contribution is 7.98. The van der Waals surface area contributed by atoms with E-state index in [-0.39, 0.29) is 6.10 Å². The van der Waals surface area contributed by atoms with Gasteiger partial charge >= 0.3 is 0 Å².